The van der Waals surface area contributed by atoms with E-state index in [2.05, 4.69) is 4.84 Å². The number of hydrogen-bond acceptors (Lipinski definition) is 4. The second kappa shape index (κ2) is 6.61. The molecule has 0 saturated heterocycles. The summed E-state index contributed by atoms with van der Waals surface area (Å²) in [4.78, 5) is 25.8. The van der Waals surface area contributed by atoms with Crippen LogP contribution in [0.3, 0.4) is 0 Å². The van der Waals surface area contributed by atoms with Crippen molar-refractivity contribution in [3.05, 3.63) is 29.3 Å². The van der Waals surface area contributed by atoms with Crippen molar-refractivity contribution in [1.29, 1.82) is 0 Å². The summed E-state index contributed by atoms with van der Waals surface area (Å²) in [5.74, 6) is -1.10. The lowest BCUT2D eigenvalue weighted by molar-refractivity contribution is -0.149. The van der Waals surface area contributed by atoms with Crippen LogP contribution in [0.4, 0.5) is 0 Å². The van der Waals surface area contributed by atoms with E-state index in [1.807, 2.05) is 31.5 Å². The van der Waals surface area contributed by atoms with Crippen LogP contribution in [0.2, 0.25) is 0 Å². The van der Waals surface area contributed by atoms with Crippen LogP contribution in [-0.2, 0) is 14.4 Å². The van der Waals surface area contributed by atoms with Gasteiger partial charge in [-0.25, -0.2) is 10.3 Å². The number of carboxylic acids is 1. The topological polar surface area (TPSA) is 84.9 Å². The van der Waals surface area contributed by atoms with Crippen LogP contribution in [0.15, 0.2) is 18.2 Å². The molecule has 0 aliphatic heterocycles. The fourth-order valence-corrected chi connectivity index (χ4v) is 1.31. The second-order valence-corrected chi connectivity index (χ2v) is 3.77. The van der Waals surface area contributed by atoms with E-state index in [4.69, 9.17) is 9.84 Å². The van der Waals surface area contributed by atoms with Gasteiger partial charge in [-0.05, 0) is 25.5 Å². The third-order valence-corrected chi connectivity index (χ3v) is 2.07. The van der Waals surface area contributed by atoms with Gasteiger partial charge in [-0.3, -0.25) is 9.63 Å². The Morgan fingerprint density at radius 1 is 1.28 bits per heavy atom. The van der Waals surface area contributed by atoms with Crippen LogP contribution in [-0.4, -0.2) is 30.2 Å². The summed E-state index contributed by atoms with van der Waals surface area (Å²) in [6, 6.07) is 5.59. The molecule has 0 heterocycles. The van der Waals surface area contributed by atoms with E-state index in [-0.39, 0.29) is 6.61 Å². The lowest BCUT2D eigenvalue weighted by atomic mass is 10.1. The Labute approximate surface area is 104 Å². The van der Waals surface area contributed by atoms with Crippen molar-refractivity contribution in [3.8, 4) is 5.75 Å². The van der Waals surface area contributed by atoms with E-state index in [0.29, 0.717) is 5.75 Å². The normalized spacial score (nSPS) is 9.89. The highest BCUT2D eigenvalue weighted by atomic mass is 16.7. The summed E-state index contributed by atoms with van der Waals surface area (Å²) in [6.45, 7) is 3.02. The molecule has 0 aromatic heterocycles. The van der Waals surface area contributed by atoms with E-state index in [1.165, 1.54) is 0 Å². The van der Waals surface area contributed by atoms with Gasteiger partial charge in [-0.1, -0.05) is 17.7 Å². The molecular formula is C12H15NO5. The number of carbonyl (C=O) groups is 2. The SMILES string of the molecule is Cc1ccc(OCC(=O)NOCC(=O)O)c(C)c1. The lowest BCUT2D eigenvalue weighted by Gasteiger charge is -2.09. The molecule has 0 aliphatic carbocycles. The molecule has 1 rings (SSSR count). The summed E-state index contributed by atoms with van der Waals surface area (Å²) >= 11 is 0. The van der Waals surface area contributed by atoms with Gasteiger partial charge < -0.3 is 9.84 Å². The molecule has 6 heteroatoms. The molecule has 0 unspecified atom stereocenters. The molecule has 0 aliphatic rings. The number of carbonyl (C=O) groups excluding carboxylic acids is 1. The summed E-state index contributed by atoms with van der Waals surface area (Å²) < 4.78 is 5.27. The highest BCUT2D eigenvalue weighted by Crippen LogP contribution is 2.18. The summed E-state index contributed by atoms with van der Waals surface area (Å²) in [6.07, 6.45) is 0. The zero-order valence-electron chi connectivity index (χ0n) is 10.2. The standard InChI is InChI=1S/C12H15NO5/c1-8-3-4-10(9(2)5-8)17-6-11(14)13-18-7-12(15)16/h3-5H,6-7H2,1-2H3,(H,13,14)(H,15,16). The molecule has 2 N–H and O–H groups in total. The minimum Gasteiger partial charge on any atom is -0.483 e. The smallest absolute Gasteiger partial charge is 0.332 e. The van der Waals surface area contributed by atoms with Gasteiger partial charge in [0.15, 0.2) is 13.2 Å². The van der Waals surface area contributed by atoms with Crippen molar-refractivity contribution in [2.24, 2.45) is 0 Å². The Bertz CT molecular complexity index is 444. The number of hydrogen-bond donors (Lipinski definition) is 2. The van der Waals surface area contributed by atoms with E-state index >= 15 is 0 Å². The van der Waals surface area contributed by atoms with Crippen LogP contribution >= 0.6 is 0 Å². The van der Waals surface area contributed by atoms with Gasteiger partial charge in [0.2, 0.25) is 0 Å². The fourth-order valence-electron chi connectivity index (χ4n) is 1.31. The van der Waals surface area contributed by atoms with Crippen molar-refractivity contribution in [2.75, 3.05) is 13.2 Å². The van der Waals surface area contributed by atoms with Gasteiger partial charge in [-0.15, -0.1) is 0 Å². The molecule has 0 bridgehead atoms. The van der Waals surface area contributed by atoms with Gasteiger partial charge in [0.1, 0.15) is 5.75 Å². The molecule has 1 aromatic carbocycles. The zero-order chi connectivity index (χ0) is 13.5. The number of benzene rings is 1. The Morgan fingerprint density at radius 3 is 2.61 bits per heavy atom. The molecule has 0 fully saturated rings. The number of rotatable bonds is 6. The number of hydroxylamine groups is 1. The fraction of sp³-hybridized carbons (Fsp3) is 0.333. The van der Waals surface area contributed by atoms with E-state index in [1.54, 1.807) is 6.07 Å². The summed E-state index contributed by atoms with van der Waals surface area (Å²) in [7, 11) is 0. The van der Waals surface area contributed by atoms with Crippen molar-refractivity contribution in [3.63, 3.8) is 0 Å². The maximum absolute atomic E-state index is 11.2. The Morgan fingerprint density at radius 2 is 2.00 bits per heavy atom. The first-order chi connectivity index (χ1) is 8.49. The largest absolute Gasteiger partial charge is 0.483 e. The highest BCUT2D eigenvalue weighted by molar-refractivity contribution is 5.76. The van der Waals surface area contributed by atoms with Crippen LogP contribution in [0.5, 0.6) is 5.75 Å². The van der Waals surface area contributed by atoms with Crippen LogP contribution in [0, 0.1) is 13.8 Å². The third-order valence-electron chi connectivity index (χ3n) is 2.07. The third kappa shape index (κ3) is 4.84. The number of carboxylic acid groups (broad SMARTS) is 1. The quantitative estimate of drug-likeness (QED) is 0.733. The van der Waals surface area contributed by atoms with Crippen molar-refractivity contribution >= 4 is 11.9 Å². The number of amides is 1. The molecule has 1 aromatic rings. The molecule has 0 atom stereocenters. The molecule has 6 nitrogen and oxygen atoms in total. The van der Waals surface area contributed by atoms with E-state index < -0.39 is 18.5 Å². The second-order valence-electron chi connectivity index (χ2n) is 3.77. The Hall–Kier alpha value is -2.08. The molecule has 0 radical (unpaired) electrons. The first-order valence-corrected chi connectivity index (χ1v) is 5.31. The minimum atomic E-state index is -1.16. The maximum Gasteiger partial charge on any atom is 0.332 e. The zero-order valence-corrected chi connectivity index (χ0v) is 10.2. The van der Waals surface area contributed by atoms with Gasteiger partial charge in [0.25, 0.3) is 5.91 Å². The van der Waals surface area contributed by atoms with Crippen molar-refractivity contribution in [1.82, 2.24) is 5.48 Å². The molecule has 0 spiro atoms. The monoisotopic (exact) mass is 253 g/mol. The summed E-state index contributed by atoms with van der Waals surface area (Å²) in [5.41, 5.74) is 4.00. The number of nitrogens with one attached hydrogen (secondary N) is 1. The van der Waals surface area contributed by atoms with Crippen LogP contribution in [0.25, 0.3) is 0 Å². The first kappa shape index (κ1) is 14.0. The van der Waals surface area contributed by atoms with Gasteiger partial charge in [-0.2, -0.15) is 0 Å². The van der Waals surface area contributed by atoms with Crippen molar-refractivity contribution < 1.29 is 24.3 Å². The first-order valence-electron chi connectivity index (χ1n) is 5.31. The average Bonchev–Trinajstić information content (AvgIpc) is 2.27. The van der Waals surface area contributed by atoms with Crippen molar-refractivity contribution in [2.45, 2.75) is 13.8 Å². The predicted octanol–water partition coefficient (Wildman–Crippen LogP) is 0.815. The Kier molecular flexibility index (Phi) is 5.13. The molecule has 98 valence electrons. The average molecular weight is 253 g/mol. The highest BCUT2D eigenvalue weighted by Gasteiger charge is 2.06. The van der Waals surface area contributed by atoms with Gasteiger partial charge >= 0.3 is 5.97 Å². The molecule has 1 amide bonds. The van der Waals surface area contributed by atoms with Gasteiger partial charge in [0.05, 0.1) is 0 Å². The van der Waals surface area contributed by atoms with Gasteiger partial charge in [0, 0.05) is 0 Å². The maximum atomic E-state index is 11.2. The molecule has 0 saturated carbocycles. The molecular weight excluding hydrogens is 238 g/mol. The molecule has 18 heavy (non-hydrogen) atoms. The lowest BCUT2D eigenvalue weighted by Crippen LogP contribution is -2.31. The minimum absolute atomic E-state index is 0.233. The predicted molar refractivity (Wildman–Crippen MR) is 63.1 cm³/mol. The number of ether oxygens (including phenoxy) is 1. The number of aliphatic carboxylic acids is 1. The van der Waals surface area contributed by atoms with Crippen LogP contribution < -0.4 is 10.2 Å². The summed E-state index contributed by atoms with van der Waals surface area (Å²) in [5, 5.41) is 8.29. The number of aryl methyl sites for hydroxylation is 2. The van der Waals surface area contributed by atoms with Crippen LogP contribution in [0.1, 0.15) is 11.1 Å². The van der Waals surface area contributed by atoms with E-state index in [0.717, 1.165) is 11.1 Å². The Balaban J connectivity index is 2.36. The van der Waals surface area contributed by atoms with E-state index in [9.17, 15) is 9.59 Å².